The summed E-state index contributed by atoms with van der Waals surface area (Å²) < 4.78 is 69.4. The summed E-state index contributed by atoms with van der Waals surface area (Å²) >= 11 is 0. The maximum atomic E-state index is 13.9. The van der Waals surface area contributed by atoms with Crippen molar-refractivity contribution in [2.45, 2.75) is 50.4 Å². The number of fused-ring (bicyclic) bond motifs is 4. The second-order valence-corrected chi connectivity index (χ2v) is 11.5. The van der Waals surface area contributed by atoms with Crippen LogP contribution in [-0.4, -0.2) is 32.9 Å². The number of hydrogen-bond acceptors (Lipinski definition) is 4. The lowest BCUT2D eigenvalue weighted by Gasteiger charge is -2.29. The van der Waals surface area contributed by atoms with Gasteiger partial charge in [-0.2, -0.15) is 13.2 Å². The molecule has 0 saturated heterocycles. The molecule has 2 aromatic carbocycles. The predicted molar refractivity (Wildman–Crippen MR) is 142 cm³/mol. The van der Waals surface area contributed by atoms with E-state index in [0.29, 0.717) is 41.2 Å². The van der Waals surface area contributed by atoms with E-state index < -0.39 is 41.1 Å². The zero-order valence-corrected chi connectivity index (χ0v) is 22.1. The van der Waals surface area contributed by atoms with Gasteiger partial charge in [-0.1, -0.05) is 6.07 Å². The van der Waals surface area contributed by atoms with Crippen LogP contribution in [0.25, 0.3) is 10.9 Å². The highest BCUT2D eigenvalue weighted by molar-refractivity contribution is 6.06. The molecular formula is C31H23F5N4O2. The molecule has 3 aliphatic rings. The number of pyridine rings is 2. The predicted octanol–water partition coefficient (Wildman–Crippen LogP) is 5.77. The second-order valence-electron chi connectivity index (χ2n) is 11.5. The molecule has 11 heteroatoms. The Morgan fingerprint density at radius 3 is 2.31 bits per heavy atom. The Balaban J connectivity index is 1.21. The highest BCUT2D eigenvalue weighted by Gasteiger charge is 2.69. The molecule has 1 spiro atoms. The highest BCUT2D eigenvalue weighted by atomic mass is 19.4. The van der Waals surface area contributed by atoms with Crippen molar-refractivity contribution in [2.75, 3.05) is 5.32 Å². The summed E-state index contributed by atoms with van der Waals surface area (Å²) in [7, 11) is 0. The number of carbonyl (C=O) groups is 2. The summed E-state index contributed by atoms with van der Waals surface area (Å²) in [6, 6.07) is 11.9. The van der Waals surface area contributed by atoms with Gasteiger partial charge in [0.15, 0.2) is 0 Å². The molecule has 214 valence electrons. The van der Waals surface area contributed by atoms with Gasteiger partial charge in [0.05, 0.1) is 10.9 Å². The number of nitrogens with one attached hydrogen (secondary N) is 1. The highest BCUT2D eigenvalue weighted by Crippen LogP contribution is 2.59. The molecule has 1 aliphatic heterocycles. The smallest absolute Gasteiger partial charge is 0.333 e. The van der Waals surface area contributed by atoms with Crippen LogP contribution < -0.4 is 5.32 Å². The fourth-order valence-electron chi connectivity index (χ4n) is 6.42. The minimum absolute atomic E-state index is 0.0419. The maximum absolute atomic E-state index is 13.9. The maximum Gasteiger partial charge on any atom is 0.403 e. The second kappa shape index (κ2) is 9.04. The number of halogens is 5. The number of hydrogen-bond donors (Lipinski definition) is 1. The normalized spacial score (nSPS) is 20.0. The monoisotopic (exact) mass is 578 g/mol. The molecule has 6 nitrogen and oxygen atoms in total. The van der Waals surface area contributed by atoms with Gasteiger partial charge in [0, 0.05) is 42.5 Å². The molecule has 1 saturated carbocycles. The fraction of sp³-hybridized carbons (Fsp3) is 0.290. The first-order valence-electron chi connectivity index (χ1n) is 13.5. The number of anilines is 1. The molecule has 4 aromatic rings. The van der Waals surface area contributed by atoms with Gasteiger partial charge in [0.25, 0.3) is 0 Å². The van der Waals surface area contributed by atoms with Crippen LogP contribution in [0.5, 0.6) is 0 Å². The zero-order chi connectivity index (χ0) is 29.4. The average Bonchev–Trinajstić information content (AvgIpc) is 3.61. The molecule has 1 N–H and O–H groups in total. The molecule has 0 bridgehead atoms. The molecule has 0 radical (unpaired) electrons. The van der Waals surface area contributed by atoms with Gasteiger partial charge in [0.1, 0.15) is 22.9 Å². The molecule has 2 aliphatic carbocycles. The number of aromatic nitrogens is 2. The number of rotatable bonds is 5. The number of alkyl halides is 3. The lowest BCUT2D eigenvalue weighted by Crippen LogP contribution is -2.43. The average molecular weight is 579 g/mol. The molecule has 2 amide bonds. The SMILES string of the molecule is O=C1Nc2ncccc2C12Cc1cc3cc(CN(Cc4cc(F)cc(F)c4)C(=O)C4(C(F)(F)F)CC4)cnc3cc1C2. The van der Waals surface area contributed by atoms with E-state index in [1.54, 1.807) is 18.3 Å². The van der Waals surface area contributed by atoms with Crippen LogP contribution in [0.4, 0.5) is 27.8 Å². The Kier molecular flexibility index (Phi) is 5.70. The van der Waals surface area contributed by atoms with E-state index in [1.807, 2.05) is 18.2 Å². The van der Waals surface area contributed by atoms with Gasteiger partial charge >= 0.3 is 6.18 Å². The van der Waals surface area contributed by atoms with Crippen LogP contribution in [0.2, 0.25) is 0 Å². The standard InChI is InChI=1S/C31H23F5N4O2/c32-22-7-17(8-23(33)11-22)15-40(28(42)30(3-4-30)31(34,35)36)16-18-6-19-9-20-12-29(13-21(20)10-25(19)38-14-18)24-2-1-5-37-26(24)39-27(29)41/h1-2,5-11,14H,3-4,12-13,15-16H2,(H,37,39,41). The van der Waals surface area contributed by atoms with E-state index >= 15 is 0 Å². The third kappa shape index (κ3) is 4.13. The van der Waals surface area contributed by atoms with E-state index in [-0.39, 0.29) is 30.9 Å². The van der Waals surface area contributed by atoms with Crippen molar-refractivity contribution in [3.8, 4) is 0 Å². The van der Waals surface area contributed by atoms with Crippen molar-refractivity contribution >= 4 is 28.5 Å². The van der Waals surface area contributed by atoms with Crippen molar-refractivity contribution in [1.82, 2.24) is 14.9 Å². The fourth-order valence-corrected chi connectivity index (χ4v) is 6.42. The molecule has 7 rings (SSSR count). The molecule has 1 atom stereocenters. The van der Waals surface area contributed by atoms with Gasteiger partial charge in [0.2, 0.25) is 11.8 Å². The van der Waals surface area contributed by atoms with E-state index in [0.717, 1.165) is 33.7 Å². The van der Waals surface area contributed by atoms with Gasteiger partial charge in [-0.05, 0) is 84.3 Å². The molecule has 1 unspecified atom stereocenters. The molecule has 2 aromatic heterocycles. The quantitative estimate of drug-likeness (QED) is 0.306. The van der Waals surface area contributed by atoms with Crippen LogP contribution in [0.3, 0.4) is 0 Å². The summed E-state index contributed by atoms with van der Waals surface area (Å²) in [4.78, 5) is 36.2. The number of carbonyl (C=O) groups excluding carboxylic acids is 2. The Morgan fingerprint density at radius 2 is 1.62 bits per heavy atom. The first-order chi connectivity index (χ1) is 20.0. The Bertz CT molecular complexity index is 1780. The minimum atomic E-state index is -4.74. The summed E-state index contributed by atoms with van der Waals surface area (Å²) in [6.45, 7) is -0.640. The molecule has 3 heterocycles. The Morgan fingerprint density at radius 1 is 0.929 bits per heavy atom. The molecule has 1 fully saturated rings. The van der Waals surface area contributed by atoms with Gasteiger partial charge in [-0.15, -0.1) is 0 Å². The van der Waals surface area contributed by atoms with Gasteiger partial charge in [-0.3, -0.25) is 14.6 Å². The number of benzene rings is 2. The lowest BCUT2D eigenvalue weighted by atomic mass is 9.79. The van der Waals surface area contributed by atoms with Crippen molar-refractivity contribution < 1.29 is 31.5 Å². The lowest BCUT2D eigenvalue weighted by molar-refractivity contribution is -0.199. The van der Waals surface area contributed by atoms with E-state index in [9.17, 15) is 31.5 Å². The molecule has 42 heavy (non-hydrogen) atoms. The van der Waals surface area contributed by atoms with Gasteiger partial charge in [-0.25, -0.2) is 13.8 Å². The number of nitrogens with zero attached hydrogens (tertiary/aromatic N) is 3. The third-order valence-corrected chi connectivity index (χ3v) is 8.69. The van der Waals surface area contributed by atoms with E-state index in [4.69, 9.17) is 0 Å². The summed E-state index contributed by atoms with van der Waals surface area (Å²) in [5.74, 6) is -2.47. The van der Waals surface area contributed by atoms with Crippen LogP contribution in [0, 0.1) is 17.0 Å². The Labute approximate surface area is 236 Å². The van der Waals surface area contributed by atoms with Crippen molar-refractivity contribution in [3.63, 3.8) is 0 Å². The van der Waals surface area contributed by atoms with Crippen molar-refractivity contribution in [1.29, 1.82) is 0 Å². The largest absolute Gasteiger partial charge is 0.403 e. The van der Waals surface area contributed by atoms with Gasteiger partial charge < -0.3 is 10.2 Å². The summed E-state index contributed by atoms with van der Waals surface area (Å²) in [5.41, 5.74) is 0.637. The first kappa shape index (κ1) is 26.5. The third-order valence-electron chi connectivity index (χ3n) is 8.69. The van der Waals surface area contributed by atoms with Crippen molar-refractivity contribution in [3.05, 3.63) is 100 Å². The van der Waals surface area contributed by atoms with E-state index in [1.165, 1.54) is 6.20 Å². The molecular weight excluding hydrogens is 555 g/mol. The summed E-state index contributed by atoms with van der Waals surface area (Å²) in [6.07, 6.45) is -1.36. The summed E-state index contributed by atoms with van der Waals surface area (Å²) in [5, 5.41) is 3.58. The van der Waals surface area contributed by atoms with Crippen LogP contribution in [0.15, 0.2) is 60.9 Å². The van der Waals surface area contributed by atoms with E-state index in [2.05, 4.69) is 15.3 Å². The number of amides is 2. The zero-order valence-electron chi connectivity index (χ0n) is 22.1. The topological polar surface area (TPSA) is 75.2 Å². The van der Waals surface area contributed by atoms with Crippen LogP contribution in [-0.2, 0) is 40.9 Å². The van der Waals surface area contributed by atoms with Crippen LogP contribution >= 0.6 is 0 Å². The van der Waals surface area contributed by atoms with Crippen molar-refractivity contribution in [2.24, 2.45) is 5.41 Å². The minimum Gasteiger partial charge on any atom is -0.333 e. The first-order valence-corrected chi connectivity index (χ1v) is 13.5. The Hall–Kier alpha value is -4.41. The van der Waals surface area contributed by atoms with Crippen LogP contribution in [0.1, 0.15) is 40.7 Å².